The third-order valence-electron chi connectivity index (χ3n) is 2.97. The second-order valence-corrected chi connectivity index (χ2v) is 6.75. The maximum atomic E-state index is 11.7. The van der Waals surface area contributed by atoms with Crippen molar-refractivity contribution >= 4 is 35.1 Å². The van der Waals surface area contributed by atoms with E-state index in [-0.39, 0.29) is 5.91 Å². The lowest BCUT2D eigenvalue weighted by atomic mass is 10.1. The van der Waals surface area contributed by atoms with Crippen LogP contribution in [0.4, 0.5) is 0 Å². The van der Waals surface area contributed by atoms with Crippen molar-refractivity contribution in [2.75, 3.05) is 12.3 Å². The van der Waals surface area contributed by atoms with Gasteiger partial charge in [-0.1, -0.05) is 30.3 Å². The summed E-state index contributed by atoms with van der Waals surface area (Å²) < 4.78 is 0. The third-order valence-corrected chi connectivity index (χ3v) is 5.04. The largest absolute Gasteiger partial charge is 0.352 e. The number of carbonyl (C=O) groups excluding carboxylic acids is 1. The third kappa shape index (κ3) is 5.78. The van der Waals surface area contributed by atoms with Gasteiger partial charge < -0.3 is 5.32 Å². The van der Waals surface area contributed by atoms with E-state index in [1.807, 2.05) is 49.0 Å². The van der Waals surface area contributed by atoms with Crippen molar-refractivity contribution in [3.8, 4) is 0 Å². The highest BCUT2D eigenvalue weighted by Crippen LogP contribution is 2.16. The first-order valence-electron chi connectivity index (χ1n) is 6.87. The molecule has 0 fully saturated rings. The van der Waals surface area contributed by atoms with Crippen LogP contribution in [0.1, 0.15) is 16.0 Å². The lowest BCUT2D eigenvalue weighted by Gasteiger charge is -2.02. The Labute approximate surface area is 134 Å². The van der Waals surface area contributed by atoms with Crippen molar-refractivity contribution in [2.24, 2.45) is 0 Å². The van der Waals surface area contributed by atoms with E-state index in [2.05, 4.69) is 22.8 Å². The van der Waals surface area contributed by atoms with Crippen molar-refractivity contribution in [1.82, 2.24) is 5.32 Å². The van der Waals surface area contributed by atoms with Crippen molar-refractivity contribution in [3.63, 3.8) is 0 Å². The number of aryl methyl sites for hydroxylation is 1. The van der Waals surface area contributed by atoms with E-state index in [4.69, 9.17) is 0 Å². The molecule has 0 aliphatic rings. The summed E-state index contributed by atoms with van der Waals surface area (Å²) in [5, 5.41) is 5.00. The topological polar surface area (TPSA) is 29.1 Å². The minimum atomic E-state index is -0.0324. The molecule has 4 heteroatoms. The molecule has 0 bridgehead atoms. The molecule has 1 aromatic heterocycles. The zero-order chi connectivity index (χ0) is 14.9. The normalized spacial score (nSPS) is 10.9. The Morgan fingerprint density at radius 1 is 1.29 bits per heavy atom. The van der Waals surface area contributed by atoms with Gasteiger partial charge in [0.1, 0.15) is 0 Å². The first-order valence-corrected chi connectivity index (χ1v) is 8.91. The van der Waals surface area contributed by atoms with Gasteiger partial charge in [0.15, 0.2) is 0 Å². The van der Waals surface area contributed by atoms with Gasteiger partial charge in [-0.2, -0.15) is 11.8 Å². The molecule has 2 aromatic rings. The minimum absolute atomic E-state index is 0.0324. The molecule has 2 nitrogen and oxygen atoms in total. The van der Waals surface area contributed by atoms with Crippen LogP contribution < -0.4 is 5.32 Å². The van der Waals surface area contributed by atoms with Crippen LogP contribution in [0.5, 0.6) is 0 Å². The number of carbonyl (C=O) groups is 1. The highest BCUT2D eigenvalue weighted by atomic mass is 32.2. The Morgan fingerprint density at radius 2 is 2.14 bits per heavy atom. The lowest BCUT2D eigenvalue weighted by Crippen LogP contribution is -2.23. The maximum absolute atomic E-state index is 11.7. The Hall–Kier alpha value is -1.52. The smallest absolute Gasteiger partial charge is 0.244 e. The zero-order valence-electron chi connectivity index (χ0n) is 12.0. The molecule has 1 aromatic carbocycles. The second kappa shape index (κ2) is 8.70. The van der Waals surface area contributed by atoms with Crippen LogP contribution in [0.15, 0.2) is 47.9 Å². The van der Waals surface area contributed by atoms with E-state index in [1.54, 1.807) is 17.4 Å². The molecule has 1 amide bonds. The fourth-order valence-corrected chi connectivity index (χ4v) is 3.51. The van der Waals surface area contributed by atoms with Crippen LogP contribution in [0.2, 0.25) is 0 Å². The lowest BCUT2D eigenvalue weighted by molar-refractivity contribution is -0.116. The predicted molar refractivity (Wildman–Crippen MR) is 93.7 cm³/mol. The van der Waals surface area contributed by atoms with Crippen molar-refractivity contribution in [1.29, 1.82) is 0 Å². The molecule has 110 valence electrons. The predicted octanol–water partition coefficient (Wildman–Crippen LogP) is 4.12. The summed E-state index contributed by atoms with van der Waals surface area (Å²) in [5.74, 6) is 1.92. The van der Waals surface area contributed by atoms with Crippen LogP contribution in [0.3, 0.4) is 0 Å². The first kappa shape index (κ1) is 15.9. The van der Waals surface area contributed by atoms with Gasteiger partial charge in [-0.15, -0.1) is 11.3 Å². The van der Waals surface area contributed by atoms with Gasteiger partial charge in [0.05, 0.1) is 0 Å². The number of hydrogen-bond donors (Lipinski definition) is 1. The molecule has 0 radical (unpaired) electrons. The molecule has 0 aliphatic carbocycles. The summed E-state index contributed by atoms with van der Waals surface area (Å²) in [7, 11) is 0. The zero-order valence-corrected chi connectivity index (χ0v) is 13.7. The molecule has 0 spiro atoms. The van der Waals surface area contributed by atoms with Crippen LogP contribution >= 0.6 is 23.1 Å². The average molecular weight is 317 g/mol. The Morgan fingerprint density at radius 3 is 2.90 bits per heavy atom. The van der Waals surface area contributed by atoms with Gasteiger partial charge in [-0.05, 0) is 35.6 Å². The molecular formula is C17H19NOS2. The van der Waals surface area contributed by atoms with Gasteiger partial charge in [0.2, 0.25) is 5.91 Å². The summed E-state index contributed by atoms with van der Waals surface area (Å²) in [6.07, 6.45) is 3.47. The van der Waals surface area contributed by atoms with E-state index in [0.717, 1.165) is 17.1 Å². The molecule has 0 aliphatic heterocycles. The quantitative estimate of drug-likeness (QED) is 0.615. The van der Waals surface area contributed by atoms with Crippen LogP contribution in [-0.4, -0.2) is 18.2 Å². The standard InChI is InChI=1S/C17H19NOS2/c1-14-5-2-3-6-15(14)8-9-17(19)18-10-12-20-13-16-7-4-11-21-16/h2-9,11H,10,12-13H2,1H3,(H,18,19)/b9-8+. The average Bonchev–Trinajstić information content (AvgIpc) is 2.99. The summed E-state index contributed by atoms with van der Waals surface area (Å²) in [6, 6.07) is 12.2. The Bertz CT molecular complexity index is 591. The molecule has 0 saturated carbocycles. The maximum Gasteiger partial charge on any atom is 0.244 e. The van der Waals surface area contributed by atoms with Crippen molar-refractivity contribution < 1.29 is 4.79 Å². The number of nitrogens with one attached hydrogen (secondary N) is 1. The van der Waals surface area contributed by atoms with Crippen LogP contribution in [-0.2, 0) is 10.5 Å². The summed E-state index contributed by atoms with van der Waals surface area (Å²) in [5.41, 5.74) is 2.26. The molecule has 1 heterocycles. The van der Waals surface area contributed by atoms with E-state index in [1.165, 1.54) is 10.4 Å². The SMILES string of the molecule is Cc1ccccc1/C=C/C(=O)NCCSCc1cccs1. The van der Waals surface area contributed by atoms with Crippen LogP contribution in [0.25, 0.3) is 6.08 Å². The number of amides is 1. The summed E-state index contributed by atoms with van der Waals surface area (Å²) >= 11 is 3.62. The van der Waals surface area contributed by atoms with Gasteiger partial charge in [-0.3, -0.25) is 4.79 Å². The van der Waals surface area contributed by atoms with Crippen LogP contribution in [0, 0.1) is 6.92 Å². The molecule has 21 heavy (non-hydrogen) atoms. The van der Waals surface area contributed by atoms with Gasteiger partial charge in [0, 0.05) is 29.0 Å². The number of thiophene rings is 1. The highest BCUT2D eigenvalue weighted by molar-refractivity contribution is 7.98. The van der Waals surface area contributed by atoms with Gasteiger partial charge >= 0.3 is 0 Å². The van der Waals surface area contributed by atoms with E-state index in [0.29, 0.717) is 6.54 Å². The monoisotopic (exact) mass is 317 g/mol. The minimum Gasteiger partial charge on any atom is -0.352 e. The van der Waals surface area contributed by atoms with E-state index < -0.39 is 0 Å². The van der Waals surface area contributed by atoms with Crippen molar-refractivity contribution in [3.05, 3.63) is 63.9 Å². The van der Waals surface area contributed by atoms with Crippen molar-refractivity contribution in [2.45, 2.75) is 12.7 Å². The molecular weight excluding hydrogens is 298 g/mol. The highest BCUT2D eigenvalue weighted by Gasteiger charge is 1.98. The van der Waals surface area contributed by atoms with E-state index in [9.17, 15) is 4.79 Å². The molecule has 0 saturated heterocycles. The first-order chi connectivity index (χ1) is 10.3. The number of benzene rings is 1. The summed E-state index contributed by atoms with van der Waals surface area (Å²) in [4.78, 5) is 13.1. The molecule has 0 unspecified atom stereocenters. The fraction of sp³-hybridized carbons (Fsp3) is 0.235. The molecule has 0 atom stereocenters. The second-order valence-electron chi connectivity index (χ2n) is 4.61. The summed E-state index contributed by atoms with van der Waals surface area (Å²) in [6.45, 7) is 2.74. The fourth-order valence-electron chi connectivity index (χ4n) is 1.81. The molecule has 1 N–H and O–H groups in total. The van der Waals surface area contributed by atoms with Gasteiger partial charge in [0.25, 0.3) is 0 Å². The van der Waals surface area contributed by atoms with Gasteiger partial charge in [-0.25, -0.2) is 0 Å². The Balaban J connectivity index is 1.64. The molecule has 2 rings (SSSR count). The number of thioether (sulfide) groups is 1. The number of hydrogen-bond acceptors (Lipinski definition) is 3. The number of rotatable bonds is 7. The Kier molecular flexibility index (Phi) is 6.57. The van der Waals surface area contributed by atoms with E-state index >= 15 is 0 Å².